The van der Waals surface area contributed by atoms with Crippen LogP contribution in [-0.4, -0.2) is 26.2 Å². The van der Waals surface area contributed by atoms with Crippen LogP contribution >= 0.6 is 11.6 Å². The lowest BCUT2D eigenvalue weighted by molar-refractivity contribution is -0.125. The second-order valence-electron chi connectivity index (χ2n) is 3.38. The highest BCUT2D eigenvalue weighted by molar-refractivity contribution is 6.34. The normalized spacial score (nSPS) is 11.2. The molecular weight excluding hydrogens is 273 g/mol. The Kier molecular flexibility index (Phi) is 4.45. The maximum atomic E-state index is 12.2. The highest BCUT2D eigenvalue weighted by atomic mass is 35.5. The summed E-state index contributed by atoms with van der Waals surface area (Å²) < 4.78 is 46.2. The van der Waals surface area contributed by atoms with Crippen LogP contribution < -0.4 is 9.47 Å². The van der Waals surface area contributed by atoms with Gasteiger partial charge in [0.15, 0.2) is 11.5 Å². The van der Waals surface area contributed by atoms with Crippen molar-refractivity contribution in [3.05, 3.63) is 22.7 Å². The summed E-state index contributed by atoms with van der Waals surface area (Å²) in [6.45, 7) is 0. The molecule has 1 aromatic carbocycles. The Morgan fingerprint density at radius 3 is 2.33 bits per heavy atom. The first kappa shape index (κ1) is 14.6. The molecule has 0 spiro atoms. The van der Waals surface area contributed by atoms with Crippen LogP contribution in [0, 0.1) is 0 Å². The Labute approximate surface area is 106 Å². The van der Waals surface area contributed by atoms with Gasteiger partial charge in [0.1, 0.15) is 17.2 Å². The molecule has 0 heterocycles. The van der Waals surface area contributed by atoms with Gasteiger partial charge in [-0.1, -0.05) is 11.6 Å². The third-order valence-electron chi connectivity index (χ3n) is 2.15. The van der Waals surface area contributed by atoms with Gasteiger partial charge in [0.05, 0.1) is 19.8 Å². The molecule has 0 N–H and O–H groups in total. The maximum Gasteiger partial charge on any atom is 0.396 e. The van der Waals surface area contributed by atoms with Crippen molar-refractivity contribution in [3.8, 4) is 11.5 Å². The van der Waals surface area contributed by atoms with Gasteiger partial charge in [-0.2, -0.15) is 13.2 Å². The van der Waals surface area contributed by atoms with Gasteiger partial charge in [-0.15, -0.1) is 0 Å². The summed E-state index contributed by atoms with van der Waals surface area (Å²) in [5.41, 5.74) is -0.222. The summed E-state index contributed by atoms with van der Waals surface area (Å²) in [5.74, 6) is -1.01. The summed E-state index contributed by atoms with van der Waals surface area (Å²) in [7, 11) is 2.56. The second kappa shape index (κ2) is 5.48. The van der Waals surface area contributed by atoms with Gasteiger partial charge in [-0.05, 0) is 12.1 Å². The van der Waals surface area contributed by atoms with Crippen LogP contribution in [0.4, 0.5) is 13.2 Å². The van der Waals surface area contributed by atoms with E-state index in [0.29, 0.717) is 0 Å². The molecule has 0 aliphatic carbocycles. The minimum absolute atomic E-state index is 0.0342. The molecule has 18 heavy (non-hydrogen) atoms. The maximum absolute atomic E-state index is 12.2. The van der Waals surface area contributed by atoms with Crippen LogP contribution in [-0.2, 0) is 0 Å². The molecule has 1 aromatic rings. The number of carbonyl (C=O) groups is 1. The molecule has 0 radical (unpaired) electrons. The molecule has 0 unspecified atom stereocenters. The van der Waals surface area contributed by atoms with Gasteiger partial charge in [-0.25, -0.2) is 0 Å². The third kappa shape index (κ3) is 3.29. The second-order valence-corrected chi connectivity index (χ2v) is 3.76. The topological polar surface area (TPSA) is 35.5 Å². The molecule has 0 aliphatic rings. The molecule has 3 nitrogen and oxygen atoms in total. The monoisotopic (exact) mass is 282 g/mol. The van der Waals surface area contributed by atoms with Crippen LogP contribution in [0.25, 0.3) is 0 Å². The average Bonchev–Trinajstić information content (AvgIpc) is 2.26. The Morgan fingerprint density at radius 2 is 1.89 bits per heavy atom. The molecule has 0 bridgehead atoms. The van der Waals surface area contributed by atoms with E-state index in [1.165, 1.54) is 26.4 Å². The summed E-state index contributed by atoms with van der Waals surface area (Å²) in [6, 6.07) is 2.51. The quantitative estimate of drug-likeness (QED) is 0.793. The van der Waals surface area contributed by atoms with Crippen molar-refractivity contribution in [2.45, 2.75) is 12.6 Å². The molecule has 1 rings (SSSR count). The molecule has 7 heteroatoms. The molecule has 0 aliphatic heterocycles. The molecule has 0 saturated carbocycles. The number of carbonyl (C=O) groups excluding carboxylic acids is 1. The van der Waals surface area contributed by atoms with Crippen LogP contribution in [0.3, 0.4) is 0 Å². The lowest BCUT2D eigenvalue weighted by atomic mass is 10.1. The molecule has 0 atom stereocenters. The highest BCUT2D eigenvalue weighted by Gasteiger charge is 2.33. The lowest BCUT2D eigenvalue weighted by Gasteiger charge is -2.13. The molecule has 0 aromatic heterocycles. The van der Waals surface area contributed by atoms with Crippen molar-refractivity contribution in [1.82, 2.24) is 0 Å². The van der Waals surface area contributed by atoms with Gasteiger partial charge in [0, 0.05) is 0 Å². The predicted molar refractivity (Wildman–Crippen MR) is 59.6 cm³/mol. The minimum atomic E-state index is -4.57. The van der Waals surface area contributed by atoms with Crippen LogP contribution in [0.15, 0.2) is 12.1 Å². The van der Waals surface area contributed by atoms with Crippen molar-refractivity contribution < 1.29 is 27.4 Å². The van der Waals surface area contributed by atoms with Gasteiger partial charge in [-0.3, -0.25) is 4.79 Å². The van der Waals surface area contributed by atoms with Gasteiger partial charge < -0.3 is 9.47 Å². The van der Waals surface area contributed by atoms with Crippen molar-refractivity contribution in [2.75, 3.05) is 14.2 Å². The van der Waals surface area contributed by atoms with E-state index in [2.05, 4.69) is 0 Å². The number of Topliss-reactive ketones (excluding diaryl/α,β-unsaturated/α-hetero) is 1. The number of alkyl halides is 3. The Hall–Kier alpha value is -1.43. The minimum Gasteiger partial charge on any atom is -0.495 e. The highest BCUT2D eigenvalue weighted by Crippen LogP contribution is 2.38. The molecule has 0 amide bonds. The van der Waals surface area contributed by atoms with Gasteiger partial charge in [0.25, 0.3) is 0 Å². The number of hydrogen-bond acceptors (Lipinski definition) is 3. The van der Waals surface area contributed by atoms with E-state index in [-0.39, 0.29) is 22.1 Å². The summed E-state index contributed by atoms with van der Waals surface area (Å²) in [6.07, 6.45) is -6.14. The smallest absolute Gasteiger partial charge is 0.396 e. The molecule has 0 saturated heterocycles. The van der Waals surface area contributed by atoms with Crippen LogP contribution in [0.5, 0.6) is 11.5 Å². The Morgan fingerprint density at radius 1 is 1.28 bits per heavy atom. The van der Waals surface area contributed by atoms with E-state index in [1.807, 2.05) is 0 Å². The van der Waals surface area contributed by atoms with Gasteiger partial charge in [0.2, 0.25) is 0 Å². The summed E-state index contributed by atoms with van der Waals surface area (Å²) >= 11 is 5.85. The first-order valence-corrected chi connectivity index (χ1v) is 5.18. The molecular formula is C11H10ClF3O3. The van der Waals surface area contributed by atoms with Crippen molar-refractivity contribution in [1.29, 1.82) is 0 Å². The predicted octanol–water partition coefficient (Wildman–Crippen LogP) is 3.49. The SMILES string of the molecule is COc1ccc(C(=O)CC(F)(F)F)c(OC)c1Cl. The standard InChI is InChI=1S/C11H10ClF3O3/c1-17-8-4-3-6(10(18-2)9(8)12)7(16)5-11(13,14)15/h3-4H,5H2,1-2H3. The van der Waals surface area contributed by atoms with Crippen molar-refractivity contribution in [3.63, 3.8) is 0 Å². The van der Waals surface area contributed by atoms with E-state index < -0.39 is 18.4 Å². The number of ether oxygens (including phenoxy) is 2. The van der Waals surface area contributed by atoms with E-state index >= 15 is 0 Å². The number of rotatable bonds is 4. The van der Waals surface area contributed by atoms with Crippen LogP contribution in [0.1, 0.15) is 16.8 Å². The van der Waals surface area contributed by atoms with Crippen molar-refractivity contribution in [2.24, 2.45) is 0 Å². The van der Waals surface area contributed by atoms with E-state index in [1.54, 1.807) is 0 Å². The van der Waals surface area contributed by atoms with Crippen LogP contribution in [0.2, 0.25) is 5.02 Å². The number of benzene rings is 1. The molecule has 100 valence electrons. The fraction of sp³-hybridized carbons (Fsp3) is 0.364. The fourth-order valence-corrected chi connectivity index (χ4v) is 1.71. The zero-order chi connectivity index (χ0) is 13.9. The largest absolute Gasteiger partial charge is 0.495 e. The van der Waals surface area contributed by atoms with E-state index in [9.17, 15) is 18.0 Å². The third-order valence-corrected chi connectivity index (χ3v) is 2.51. The number of hydrogen-bond donors (Lipinski definition) is 0. The first-order valence-electron chi connectivity index (χ1n) is 4.80. The lowest BCUT2D eigenvalue weighted by Crippen LogP contribution is -2.15. The van der Waals surface area contributed by atoms with E-state index in [4.69, 9.17) is 21.1 Å². The summed E-state index contributed by atoms with van der Waals surface area (Å²) in [5, 5.41) is -0.0342. The fourth-order valence-electron chi connectivity index (χ4n) is 1.39. The summed E-state index contributed by atoms with van der Waals surface area (Å²) in [4.78, 5) is 11.5. The zero-order valence-electron chi connectivity index (χ0n) is 9.60. The number of methoxy groups -OCH3 is 2. The van der Waals surface area contributed by atoms with Gasteiger partial charge >= 0.3 is 6.18 Å². The average molecular weight is 283 g/mol. The van der Waals surface area contributed by atoms with E-state index in [0.717, 1.165) is 0 Å². The first-order chi connectivity index (χ1) is 8.30. The number of halogens is 4. The Bertz CT molecular complexity index is 458. The number of ketones is 1. The van der Waals surface area contributed by atoms with Crippen molar-refractivity contribution >= 4 is 17.4 Å². The molecule has 0 fully saturated rings. The zero-order valence-corrected chi connectivity index (χ0v) is 10.4. The Balaban J connectivity index is 3.17.